The fraction of sp³-hybridized carbons (Fsp3) is 0.222. The van der Waals surface area contributed by atoms with E-state index in [2.05, 4.69) is 15.4 Å². The van der Waals surface area contributed by atoms with Gasteiger partial charge >= 0.3 is 0 Å². The van der Waals surface area contributed by atoms with Crippen LogP contribution in [0.2, 0.25) is 5.02 Å². The van der Waals surface area contributed by atoms with Crippen LogP contribution < -0.4 is 10.3 Å². The highest BCUT2D eigenvalue weighted by molar-refractivity contribution is 14.1. The van der Waals surface area contributed by atoms with Crippen molar-refractivity contribution in [3.05, 3.63) is 56.1 Å². The number of carbonyl (C=O) groups excluding carboxylic acids is 1. The summed E-state index contributed by atoms with van der Waals surface area (Å²) in [5.41, 5.74) is 4.58. The van der Waals surface area contributed by atoms with E-state index in [-0.39, 0.29) is 11.7 Å². The fourth-order valence-corrected chi connectivity index (χ4v) is 3.77. The van der Waals surface area contributed by atoms with Gasteiger partial charge in [-0.25, -0.2) is 5.43 Å². The minimum absolute atomic E-state index is 0.0814. The number of hydrogen-bond donors (Lipinski definition) is 2. The second kappa shape index (κ2) is 8.05. The molecular weight excluding hydrogens is 453 g/mol. The summed E-state index contributed by atoms with van der Waals surface area (Å²) in [6.45, 7) is 2.13. The first-order valence-electron chi connectivity index (χ1n) is 7.91. The van der Waals surface area contributed by atoms with Crippen molar-refractivity contribution in [1.29, 1.82) is 0 Å². The Morgan fingerprint density at radius 3 is 2.60 bits per heavy atom. The molecule has 7 heteroatoms. The molecule has 0 saturated carbocycles. The number of rotatable bonds is 4. The first kappa shape index (κ1) is 18.0. The molecule has 2 aromatic rings. The van der Waals surface area contributed by atoms with Gasteiger partial charge in [-0.1, -0.05) is 11.6 Å². The SMILES string of the molecule is O=C(N/N=C\c1cc(Cl)cc(I)c1O)c1ccc(N2CCCC2)cc1. The Hall–Kier alpha value is -1.80. The van der Waals surface area contributed by atoms with Gasteiger partial charge in [-0.3, -0.25) is 4.79 Å². The molecule has 0 bridgehead atoms. The van der Waals surface area contributed by atoms with E-state index in [1.165, 1.54) is 19.1 Å². The van der Waals surface area contributed by atoms with E-state index >= 15 is 0 Å². The summed E-state index contributed by atoms with van der Waals surface area (Å²) >= 11 is 7.94. The molecule has 0 atom stereocenters. The average Bonchev–Trinajstić information content (AvgIpc) is 3.13. The molecule has 0 aliphatic carbocycles. The highest BCUT2D eigenvalue weighted by atomic mass is 127. The standard InChI is InChI=1S/C18H17ClIN3O2/c19-14-9-13(17(24)16(20)10-14)11-21-22-18(25)12-3-5-15(6-4-12)23-7-1-2-8-23/h3-6,9-11,24H,1-2,7-8H2,(H,22,25)/b21-11-. The Kier molecular flexibility index (Phi) is 5.80. The molecular formula is C18H17ClIN3O2. The number of hydrogen-bond acceptors (Lipinski definition) is 4. The predicted octanol–water partition coefficient (Wildman–Crippen LogP) is 4.01. The first-order valence-corrected chi connectivity index (χ1v) is 9.37. The molecule has 0 aromatic heterocycles. The van der Waals surface area contributed by atoms with Crippen molar-refractivity contribution >= 4 is 52.0 Å². The van der Waals surface area contributed by atoms with E-state index in [4.69, 9.17) is 11.6 Å². The number of amides is 1. The Labute approximate surface area is 164 Å². The van der Waals surface area contributed by atoms with Gasteiger partial charge < -0.3 is 10.0 Å². The highest BCUT2D eigenvalue weighted by Gasteiger charge is 2.13. The van der Waals surface area contributed by atoms with Gasteiger partial charge in [0.25, 0.3) is 5.91 Å². The quantitative estimate of drug-likeness (QED) is 0.404. The molecule has 2 aromatic carbocycles. The maximum Gasteiger partial charge on any atom is 0.271 e. The predicted molar refractivity (Wildman–Crippen MR) is 109 cm³/mol. The molecule has 1 aliphatic heterocycles. The molecule has 0 radical (unpaired) electrons. The van der Waals surface area contributed by atoms with E-state index in [0.717, 1.165) is 18.8 Å². The average molecular weight is 470 g/mol. The van der Waals surface area contributed by atoms with Crippen LogP contribution in [0, 0.1) is 3.57 Å². The highest BCUT2D eigenvalue weighted by Crippen LogP contribution is 2.27. The van der Waals surface area contributed by atoms with Crippen LogP contribution in [-0.2, 0) is 0 Å². The Morgan fingerprint density at radius 2 is 1.92 bits per heavy atom. The van der Waals surface area contributed by atoms with Gasteiger partial charge in [0, 0.05) is 34.9 Å². The molecule has 1 fully saturated rings. The molecule has 3 rings (SSSR count). The number of nitrogens with one attached hydrogen (secondary N) is 1. The maximum atomic E-state index is 12.2. The molecule has 1 aliphatic rings. The summed E-state index contributed by atoms with van der Waals surface area (Å²) in [4.78, 5) is 14.5. The third-order valence-electron chi connectivity index (χ3n) is 4.03. The number of phenolic OH excluding ortho intramolecular Hbond substituents is 1. The molecule has 1 amide bonds. The molecule has 2 N–H and O–H groups in total. The van der Waals surface area contributed by atoms with Gasteiger partial charge in [-0.05, 0) is 71.8 Å². The number of nitrogens with zero attached hydrogens (tertiary/aromatic N) is 2. The third kappa shape index (κ3) is 4.43. The molecule has 0 unspecified atom stereocenters. The van der Waals surface area contributed by atoms with Gasteiger partial charge in [0.05, 0.1) is 9.78 Å². The molecule has 1 saturated heterocycles. The van der Waals surface area contributed by atoms with E-state index in [1.807, 2.05) is 34.7 Å². The topological polar surface area (TPSA) is 64.9 Å². The van der Waals surface area contributed by atoms with Crippen molar-refractivity contribution in [2.45, 2.75) is 12.8 Å². The normalized spacial score (nSPS) is 14.2. The van der Waals surface area contributed by atoms with Crippen LogP contribution >= 0.6 is 34.2 Å². The lowest BCUT2D eigenvalue weighted by Gasteiger charge is -2.17. The summed E-state index contributed by atoms with van der Waals surface area (Å²) in [7, 11) is 0. The van der Waals surface area contributed by atoms with Crippen molar-refractivity contribution < 1.29 is 9.90 Å². The van der Waals surface area contributed by atoms with Gasteiger partial charge in [0.2, 0.25) is 0 Å². The Morgan fingerprint density at radius 1 is 1.24 bits per heavy atom. The van der Waals surface area contributed by atoms with Crippen LogP contribution in [0.25, 0.3) is 0 Å². The molecule has 25 heavy (non-hydrogen) atoms. The number of benzene rings is 2. The maximum absolute atomic E-state index is 12.2. The number of hydrazone groups is 1. The van der Waals surface area contributed by atoms with E-state index in [0.29, 0.717) is 19.7 Å². The lowest BCUT2D eigenvalue weighted by molar-refractivity contribution is 0.0955. The van der Waals surface area contributed by atoms with Crippen molar-refractivity contribution in [1.82, 2.24) is 5.43 Å². The number of anilines is 1. The van der Waals surface area contributed by atoms with E-state index in [1.54, 1.807) is 24.3 Å². The lowest BCUT2D eigenvalue weighted by atomic mass is 10.2. The summed E-state index contributed by atoms with van der Waals surface area (Å²) in [6.07, 6.45) is 3.80. The van der Waals surface area contributed by atoms with Crippen molar-refractivity contribution in [2.75, 3.05) is 18.0 Å². The summed E-state index contributed by atoms with van der Waals surface area (Å²) in [6, 6.07) is 10.7. The monoisotopic (exact) mass is 469 g/mol. The zero-order valence-electron chi connectivity index (χ0n) is 13.4. The molecule has 1 heterocycles. The second-order valence-electron chi connectivity index (χ2n) is 5.77. The molecule has 130 valence electrons. The van der Waals surface area contributed by atoms with Crippen molar-refractivity contribution in [3.63, 3.8) is 0 Å². The van der Waals surface area contributed by atoms with Crippen LogP contribution in [0.5, 0.6) is 5.75 Å². The Bertz CT molecular complexity index is 803. The molecule has 0 spiro atoms. The van der Waals surface area contributed by atoms with Gasteiger partial charge in [-0.2, -0.15) is 5.10 Å². The fourth-order valence-electron chi connectivity index (χ4n) is 2.71. The van der Waals surface area contributed by atoms with E-state index in [9.17, 15) is 9.90 Å². The van der Waals surface area contributed by atoms with E-state index < -0.39 is 0 Å². The van der Waals surface area contributed by atoms with Crippen molar-refractivity contribution in [3.8, 4) is 5.75 Å². The van der Waals surface area contributed by atoms with Gasteiger partial charge in [0.1, 0.15) is 5.75 Å². The van der Waals surface area contributed by atoms with Crippen LogP contribution in [0.1, 0.15) is 28.8 Å². The van der Waals surface area contributed by atoms with Crippen molar-refractivity contribution in [2.24, 2.45) is 5.10 Å². The first-order chi connectivity index (χ1) is 12.0. The van der Waals surface area contributed by atoms with Crippen LogP contribution in [-0.4, -0.2) is 30.3 Å². The van der Waals surface area contributed by atoms with Gasteiger partial charge in [0.15, 0.2) is 0 Å². The van der Waals surface area contributed by atoms with Crippen LogP contribution in [0.4, 0.5) is 5.69 Å². The zero-order valence-corrected chi connectivity index (χ0v) is 16.3. The minimum atomic E-state index is -0.305. The number of aromatic hydroxyl groups is 1. The molecule has 5 nitrogen and oxygen atoms in total. The summed E-state index contributed by atoms with van der Waals surface area (Å²) < 4.78 is 0.621. The van der Waals surface area contributed by atoms with Crippen LogP contribution in [0.15, 0.2) is 41.5 Å². The third-order valence-corrected chi connectivity index (χ3v) is 5.07. The van der Waals surface area contributed by atoms with Gasteiger partial charge in [-0.15, -0.1) is 0 Å². The minimum Gasteiger partial charge on any atom is -0.506 e. The largest absolute Gasteiger partial charge is 0.506 e. The van der Waals surface area contributed by atoms with Crippen LogP contribution in [0.3, 0.4) is 0 Å². The summed E-state index contributed by atoms with van der Waals surface area (Å²) in [5, 5.41) is 14.4. The zero-order chi connectivity index (χ0) is 17.8. The smallest absolute Gasteiger partial charge is 0.271 e. The Balaban J connectivity index is 1.64. The lowest BCUT2D eigenvalue weighted by Crippen LogP contribution is -2.19. The number of halogens is 2. The second-order valence-corrected chi connectivity index (χ2v) is 7.36. The summed E-state index contributed by atoms with van der Waals surface area (Å²) in [5.74, 6) is -0.224. The number of phenols is 1. The number of carbonyl (C=O) groups is 1.